The number of imidazole rings is 1. The Bertz CT molecular complexity index is 1200. The molecule has 0 bridgehead atoms. The van der Waals surface area contributed by atoms with Crippen molar-refractivity contribution in [3.63, 3.8) is 0 Å². The highest BCUT2D eigenvalue weighted by molar-refractivity contribution is 6.31. The van der Waals surface area contributed by atoms with E-state index >= 15 is 0 Å². The van der Waals surface area contributed by atoms with E-state index in [-0.39, 0.29) is 11.0 Å². The zero-order valence-corrected chi connectivity index (χ0v) is 18.6. The van der Waals surface area contributed by atoms with Crippen molar-refractivity contribution in [1.82, 2.24) is 9.13 Å². The van der Waals surface area contributed by atoms with E-state index < -0.39 is 29.4 Å². The number of aromatic nitrogens is 2. The number of hydrogen-bond acceptors (Lipinski definition) is 6. The number of rotatable bonds is 4. The second kappa shape index (κ2) is 8.47. The molecule has 2 aromatic carbocycles. The predicted octanol–water partition coefficient (Wildman–Crippen LogP) is 4.01. The highest BCUT2D eigenvalue weighted by atomic mass is 35.5. The fourth-order valence-corrected chi connectivity index (χ4v) is 3.47. The van der Waals surface area contributed by atoms with Crippen LogP contribution in [-0.4, -0.2) is 41.0 Å². The zero-order valence-electron chi connectivity index (χ0n) is 17.8. The first-order valence-electron chi connectivity index (χ1n) is 9.45. The molecule has 0 spiro atoms. The molecule has 0 fully saturated rings. The van der Waals surface area contributed by atoms with Gasteiger partial charge in [-0.1, -0.05) is 29.8 Å². The first-order valence-corrected chi connectivity index (χ1v) is 9.83. The molecule has 0 saturated heterocycles. The van der Waals surface area contributed by atoms with Gasteiger partial charge in [-0.3, -0.25) is 4.57 Å². The molecule has 9 heteroatoms. The van der Waals surface area contributed by atoms with Gasteiger partial charge >= 0.3 is 17.8 Å². The summed E-state index contributed by atoms with van der Waals surface area (Å²) in [6.07, 6.45) is -0.868. The molecule has 0 aliphatic heterocycles. The maximum Gasteiger partial charge on any atom is 0.423 e. The second-order valence-corrected chi connectivity index (χ2v) is 8.21. The van der Waals surface area contributed by atoms with Gasteiger partial charge in [0.1, 0.15) is 11.4 Å². The maximum absolute atomic E-state index is 13.5. The van der Waals surface area contributed by atoms with Crippen molar-refractivity contribution in [1.29, 1.82) is 0 Å². The van der Waals surface area contributed by atoms with Gasteiger partial charge in [-0.2, -0.15) is 4.57 Å². The molecule has 8 nitrogen and oxygen atoms in total. The summed E-state index contributed by atoms with van der Waals surface area (Å²) in [5.41, 5.74) is -0.700. The molecular weight excluding hydrogens is 424 g/mol. The average molecular weight is 447 g/mol. The molecule has 0 radical (unpaired) electrons. The van der Waals surface area contributed by atoms with E-state index in [0.29, 0.717) is 16.3 Å². The molecule has 1 unspecified atom stereocenters. The third-order valence-corrected chi connectivity index (χ3v) is 4.76. The number of benzene rings is 2. The number of carbonyl (C=O) groups excluding carboxylic acids is 2. The first-order chi connectivity index (χ1) is 14.6. The van der Waals surface area contributed by atoms with E-state index in [2.05, 4.69) is 0 Å². The van der Waals surface area contributed by atoms with E-state index in [9.17, 15) is 14.4 Å². The van der Waals surface area contributed by atoms with Crippen molar-refractivity contribution in [2.75, 3.05) is 14.2 Å². The molecule has 3 aromatic rings. The van der Waals surface area contributed by atoms with Crippen LogP contribution in [0.3, 0.4) is 0 Å². The van der Waals surface area contributed by atoms with Crippen LogP contribution in [0, 0.1) is 0 Å². The number of hydrogen-bond donors (Lipinski definition) is 0. The number of halogens is 1. The fraction of sp³-hybridized carbons (Fsp3) is 0.318. The molecule has 0 amide bonds. The van der Waals surface area contributed by atoms with Gasteiger partial charge in [0.2, 0.25) is 0 Å². The third-order valence-electron chi connectivity index (χ3n) is 4.53. The Morgan fingerprint density at radius 3 is 2.32 bits per heavy atom. The van der Waals surface area contributed by atoms with E-state index in [1.54, 1.807) is 51.1 Å². The summed E-state index contributed by atoms with van der Waals surface area (Å²) in [4.78, 5) is 39.2. The number of para-hydroxylation sites is 1. The highest BCUT2D eigenvalue weighted by Crippen LogP contribution is 2.31. The second-order valence-electron chi connectivity index (χ2n) is 7.77. The highest BCUT2D eigenvalue weighted by Gasteiger charge is 2.33. The van der Waals surface area contributed by atoms with Crippen LogP contribution in [0.2, 0.25) is 5.02 Å². The molecule has 0 aliphatic carbocycles. The predicted molar refractivity (Wildman–Crippen MR) is 116 cm³/mol. The Labute approximate surface area is 183 Å². The van der Waals surface area contributed by atoms with Gasteiger partial charge in [-0.15, -0.1) is 0 Å². The fourth-order valence-electron chi connectivity index (χ4n) is 3.30. The lowest BCUT2D eigenvalue weighted by molar-refractivity contribution is -0.143. The largest absolute Gasteiger partial charge is 0.496 e. The molecule has 164 valence electrons. The Balaban J connectivity index is 2.37. The Morgan fingerprint density at radius 1 is 1.03 bits per heavy atom. The summed E-state index contributed by atoms with van der Waals surface area (Å²) in [7, 11) is 2.67. The molecule has 31 heavy (non-hydrogen) atoms. The van der Waals surface area contributed by atoms with Crippen molar-refractivity contribution in [2.24, 2.45) is 0 Å². The van der Waals surface area contributed by atoms with Gasteiger partial charge in [0.15, 0.2) is 6.04 Å². The Kier molecular flexibility index (Phi) is 6.13. The molecule has 1 atom stereocenters. The summed E-state index contributed by atoms with van der Waals surface area (Å²) in [6.45, 7) is 5.08. The van der Waals surface area contributed by atoms with Crippen LogP contribution in [0.5, 0.6) is 5.75 Å². The number of methoxy groups -OCH3 is 2. The smallest absolute Gasteiger partial charge is 0.423 e. The minimum atomic E-state index is -1.22. The Hall–Kier alpha value is -3.26. The van der Waals surface area contributed by atoms with Crippen molar-refractivity contribution < 1.29 is 23.8 Å². The van der Waals surface area contributed by atoms with Crippen molar-refractivity contribution in [3.8, 4) is 5.75 Å². The number of esters is 1. The lowest BCUT2D eigenvalue weighted by Gasteiger charge is -2.20. The quantitative estimate of drug-likeness (QED) is 0.562. The topological polar surface area (TPSA) is 88.8 Å². The van der Waals surface area contributed by atoms with E-state index in [1.165, 1.54) is 26.4 Å². The Morgan fingerprint density at radius 2 is 1.71 bits per heavy atom. The van der Waals surface area contributed by atoms with Crippen LogP contribution in [0.4, 0.5) is 4.79 Å². The van der Waals surface area contributed by atoms with Gasteiger partial charge in [0, 0.05) is 10.6 Å². The summed E-state index contributed by atoms with van der Waals surface area (Å²) in [5.74, 6) is -0.334. The lowest BCUT2D eigenvalue weighted by Crippen LogP contribution is -2.37. The maximum atomic E-state index is 13.5. The van der Waals surface area contributed by atoms with Gasteiger partial charge < -0.3 is 14.2 Å². The van der Waals surface area contributed by atoms with Crippen LogP contribution in [0.1, 0.15) is 32.4 Å². The van der Waals surface area contributed by atoms with Gasteiger partial charge in [-0.25, -0.2) is 14.4 Å². The first kappa shape index (κ1) is 22.4. The molecule has 0 aliphatic rings. The number of ether oxygens (including phenoxy) is 3. The zero-order chi connectivity index (χ0) is 22.9. The minimum Gasteiger partial charge on any atom is -0.496 e. The van der Waals surface area contributed by atoms with Crippen molar-refractivity contribution in [2.45, 2.75) is 32.4 Å². The lowest BCUT2D eigenvalue weighted by atomic mass is 10.1. The van der Waals surface area contributed by atoms with Crippen molar-refractivity contribution in [3.05, 3.63) is 63.5 Å². The summed E-state index contributed by atoms with van der Waals surface area (Å²) in [6, 6.07) is 10.1. The minimum absolute atomic E-state index is 0.243. The third kappa shape index (κ3) is 4.29. The van der Waals surface area contributed by atoms with Gasteiger partial charge in [0.25, 0.3) is 0 Å². The van der Waals surface area contributed by atoms with E-state index in [0.717, 1.165) is 9.13 Å². The monoisotopic (exact) mass is 446 g/mol. The SMILES string of the molecule is COC(=O)C(c1ccccc1OC)n1c(=O)n(C(=O)OC(C)(C)C)c2ccc(Cl)cc21. The summed E-state index contributed by atoms with van der Waals surface area (Å²) in [5, 5.41) is 0.325. The molecular formula is C22H23ClN2O6. The van der Waals surface area contributed by atoms with Crippen LogP contribution in [-0.2, 0) is 14.3 Å². The standard InChI is InChI=1S/C22H23ClN2O6/c1-22(2,3)31-21(28)25-15-11-10-13(23)12-16(15)24(20(25)27)18(19(26)30-5)14-8-6-7-9-17(14)29-4/h6-12,18H,1-5H3. The van der Waals surface area contributed by atoms with Crippen LogP contribution in [0.25, 0.3) is 11.0 Å². The molecule has 1 aromatic heterocycles. The van der Waals surface area contributed by atoms with Crippen molar-refractivity contribution >= 4 is 34.7 Å². The van der Waals surface area contributed by atoms with Crippen LogP contribution in [0.15, 0.2) is 47.3 Å². The van der Waals surface area contributed by atoms with Crippen LogP contribution < -0.4 is 10.4 Å². The number of nitrogens with zero attached hydrogens (tertiary/aromatic N) is 2. The van der Waals surface area contributed by atoms with Gasteiger partial charge in [-0.05, 0) is 45.0 Å². The molecule has 0 saturated carbocycles. The summed E-state index contributed by atoms with van der Waals surface area (Å²) < 4.78 is 17.8. The number of carbonyl (C=O) groups is 2. The normalized spacial score (nSPS) is 12.5. The van der Waals surface area contributed by atoms with E-state index in [1.807, 2.05) is 0 Å². The molecule has 1 heterocycles. The van der Waals surface area contributed by atoms with E-state index in [4.69, 9.17) is 25.8 Å². The molecule has 3 rings (SSSR count). The summed E-state index contributed by atoms with van der Waals surface area (Å²) >= 11 is 6.18. The number of fused-ring (bicyclic) bond motifs is 1. The molecule has 0 N–H and O–H groups in total. The van der Waals surface area contributed by atoms with Gasteiger partial charge in [0.05, 0.1) is 25.3 Å². The van der Waals surface area contributed by atoms with Crippen LogP contribution >= 0.6 is 11.6 Å². The average Bonchev–Trinajstić information content (AvgIpc) is 2.98.